The molecule has 0 atom stereocenters. The van der Waals surface area contributed by atoms with Crippen molar-refractivity contribution in [2.75, 3.05) is 24.2 Å². The minimum atomic E-state index is 0.585. The summed E-state index contributed by atoms with van der Waals surface area (Å²) >= 11 is 0. The van der Waals surface area contributed by atoms with Gasteiger partial charge in [-0.1, -0.05) is 12.1 Å². The number of nitrogens with zero attached hydrogens (tertiary/aromatic N) is 3. The molecule has 0 saturated carbocycles. The molecule has 1 heterocycles. The molecule has 2 rings (SSSR count). The van der Waals surface area contributed by atoms with E-state index in [0.717, 1.165) is 19.5 Å². The molecule has 0 aliphatic rings. The Labute approximate surface area is 108 Å². The van der Waals surface area contributed by atoms with Crippen LogP contribution in [0, 0.1) is 6.92 Å². The summed E-state index contributed by atoms with van der Waals surface area (Å²) in [6.07, 6.45) is 2.97. The second kappa shape index (κ2) is 5.58. The Morgan fingerprint density at radius 2 is 2.17 bits per heavy atom. The van der Waals surface area contributed by atoms with E-state index in [2.05, 4.69) is 48.2 Å². The van der Waals surface area contributed by atoms with E-state index in [1.807, 2.05) is 16.9 Å². The maximum atomic E-state index is 5.58. The Morgan fingerprint density at radius 1 is 1.33 bits per heavy atom. The lowest BCUT2D eigenvalue weighted by Crippen LogP contribution is -2.20. The van der Waals surface area contributed by atoms with E-state index < -0.39 is 0 Å². The van der Waals surface area contributed by atoms with Crippen molar-refractivity contribution in [2.45, 2.75) is 19.9 Å². The Hall–Kier alpha value is -1.97. The van der Waals surface area contributed by atoms with Crippen LogP contribution in [-0.4, -0.2) is 23.4 Å². The molecule has 1 aromatic carbocycles. The van der Waals surface area contributed by atoms with Crippen molar-refractivity contribution in [3.05, 3.63) is 42.1 Å². The van der Waals surface area contributed by atoms with E-state index in [9.17, 15) is 0 Å². The molecule has 18 heavy (non-hydrogen) atoms. The van der Waals surface area contributed by atoms with Gasteiger partial charge in [0.15, 0.2) is 0 Å². The molecule has 4 nitrogen and oxygen atoms in total. The number of hydrogen-bond donors (Lipinski definition) is 1. The number of nitrogens with two attached hydrogens (primary N) is 1. The van der Waals surface area contributed by atoms with E-state index >= 15 is 0 Å². The first kappa shape index (κ1) is 12.5. The molecule has 0 aliphatic heterocycles. The zero-order valence-electron chi connectivity index (χ0n) is 11.0. The van der Waals surface area contributed by atoms with E-state index in [4.69, 9.17) is 5.73 Å². The molecular formula is C14H20N4. The number of aromatic nitrogens is 2. The first-order valence-electron chi connectivity index (χ1n) is 6.22. The fourth-order valence-corrected chi connectivity index (χ4v) is 1.97. The van der Waals surface area contributed by atoms with Gasteiger partial charge in [0.25, 0.3) is 0 Å². The van der Waals surface area contributed by atoms with Gasteiger partial charge < -0.3 is 10.6 Å². The van der Waals surface area contributed by atoms with Crippen LogP contribution in [0.3, 0.4) is 0 Å². The Morgan fingerprint density at radius 3 is 2.83 bits per heavy atom. The van der Waals surface area contributed by atoms with Crippen LogP contribution in [0.4, 0.5) is 11.5 Å². The third-order valence-electron chi connectivity index (χ3n) is 2.98. The molecule has 4 heteroatoms. The molecule has 0 bridgehead atoms. The number of hydrogen-bond acceptors (Lipinski definition) is 3. The van der Waals surface area contributed by atoms with Gasteiger partial charge in [0.2, 0.25) is 0 Å². The summed E-state index contributed by atoms with van der Waals surface area (Å²) in [6.45, 7) is 4.01. The topological polar surface area (TPSA) is 47.1 Å². The fourth-order valence-electron chi connectivity index (χ4n) is 1.97. The summed E-state index contributed by atoms with van der Waals surface area (Å²) in [7, 11) is 2.12. The van der Waals surface area contributed by atoms with Crippen molar-refractivity contribution in [1.82, 2.24) is 9.78 Å². The van der Waals surface area contributed by atoms with E-state index in [1.165, 1.54) is 11.3 Å². The van der Waals surface area contributed by atoms with Crippen LogP contribution in [0.25, 0.3) is 0 Å². The highest BCUT2D eigenvalue weighted by Crippen LogP contribution is 2.14. The van der Waals surface area contributed by atoms with Gasteiger partial charge in [0, 0.05) is 32.0 Å². The number of benzene rings is 1. The largest absolute Gasteiger partial charge is 0.382 e. The Kier molecular flexibility index (Phi) is 3.87. The van der Waals surface area contributed by atoms with E-state index in [1.54, 1.807) is 0 Å². The third kappa shape index (κ3) is 3.26. The number of anilines is 2. The molecule has 0 amide bonds. The molecular weight excluding hydrogens is 224 g/mol. The number of nitrogen functional groups attached to an aromatic ring is 1. The molecule has 0 radical (unpaired) electrons. The van der Waals surface area contributed by atoms with Gasteiger partial charge >= 0.3 is 0 Å². The van der Waals surface area contributed by atoms with Crippen LogP contribution in [0.15, 0.2) is 36.5 Å². The van der Waals surface area contributed by atoms with Gasteiger partial charge in [0.1, 0.15) is 5.82 Å². The summed E-state index contributed by atoms with van der Waals surface area (Å²) in [6, 6.07) is 10.4. The molecule has 0 unspecified atom stereocenters. The molecule has 0 saturated heterocycles. The second-order valence-electron chi connectivity index (χ2n) is 4.62. The Balaban J connectivity index is 1.83. The average molecular weight is 244 g/mol. The van der Waals surface area contributed by atoms with Crippen molar-refractivity contribution in [1.29, 1.82) is 0 Å². The van der Waals surface area contributed by atoms with Crippen LogP contribution >= 0.6 is 0 Å². The molecule has 2 N–H and O–H groups in total. The van der Waals surface area contributed by atoms with Crippen molar-refractivity contribution < 1.29 is 0 Å². The first-order valence-corrected chi connectivity index (χ1v) is 6.22. The molecule has 0 spiro atoms. The van der Waals surface area contributed by atoms with Crippen LogP contribution in [0.5, 0.6) is 0 Å². The van der Waals surface area contributed by atoms with Crippen LogP contribution in [0.2, 0.25) is 0 Å². The van der Waals surface area contributed by atoms with Gasteiger partial charge in [-0.2, -0.15) is 5.10 Å². The SMILES string of the molecule is Cc1cccc(N(C)CCCn2ccc(N)n2)c1. The lowest BCUT2D eigenvalue weighted by molar-refractivity contribution is 0.580. The highest BCUT2D eigenvalue weighted by molar-refractivity contribution is 5.47. The fraction of sp³-hybridized carbons (Fsp3) is 0.357. The zero-order chi connectivity index (χ0) is 13.0. The average Bonchev–Trinajstić information content (AvgIpc) is 2.75. The second-order valence-corrected chi connectivity index (χ2v) is 4.62. The lowest BCUT2D eigenvalue weighted by Gasteiger charge is -2.19. The Bertz CT molecular complexity index is 504. The molecule has 96 valence electrons. The van der Waals surface area contributed by atoms with Gasteiger partial charge in [-0.25, -0.2) is 0 Å². The van der Waals surface area contributed by atoms with Crippen molar-refractivity contribution in [3.8, 4) is 0 Å². The first-order chi connectivity index (χ1) is 8.65. The lowest BCUT2D eigenvalue weighted by atomic mass is 10.2. The molecule has 0 fully saturated rings. The third-order valence-corrected chi connectivity index (χ3v) is 2.98. The van der Waals surface area contributed by atoms with Gasteiger partial charge in [0.05, 0.1) is 0 Å². The minimum absolute atomic E-state index is 0.585. The van der Waals surface area contributed by atoms with Crippen molar-refractivity contribution >= 4 is 11.5 Å². The number of rotatable bonds is 5. The van der Waals surface area contributed by atoms with Gasteiger partial charge in [-0.3, -0.25) is 4.68 Å². The zero-order valence-corrected chi connectivity index (χ0v) is 11.0. The van der Waals surface area contributed by atoms with Gasteiger partial charge in [-0.05, 0) is 37.1 Å². The predicted octanol–water partition coefficient (Wildman–Crippen LogP) is 2.30. The summed E-state index contributed by atoms with van der Waals surface area (Å²) < 4.78 is 1.89. The normalized spacial score (nSPS) is 10.6. The standard InChI is InChI=1S/C14H20N4/c1-12-5-3-6-13(11-12)17(2)8-4-9-18-10-7-14(15)16-18/h3,5-7,10-11H,4,8-9H2,1-2H3,(H2,15,16). The summed E-state index contributed by atoms with van der Waals surface area (Å²) in [5.41, 5.74) is 8.13. The number of aryl methyl sites for hydroxylation is 2. The quantitative estimate of drug-likeness (QED) is 0.878. The molecule has 2 aromatic rings. The van der Waals surface area contributed by atoms with Crippen LogP contribution in [-0.2, 0) is 6.54 Å². The van der Waals surface area contributed by atoms with Crippen molar-refractivity contribution in [3.63, 3.8) is 0 Å². The monoisotopic (exact) mass is 244 g/mol. The molecule has 1 aromatic heterocycles. The van der Waals surface area contributed by atoms with E-state index in [0.29, 0.717) is 5.82 Å². The van der Waals surface area contributed by atoms with Crippen LogP contribution in [0.1, 0.15) is 12.0 Å². The van der Waals surface area contributed by atoms with Gasteiger partial charge in [-0.15, -0.1) is 0 Å². The summed E-state index contributed by atoms with van der Waals surface area (Å²) in [4.78, 5) is 2.26. The molecule has 0 aliphatic carbocycles. The summed E-state index contributed by atoms with van der Waals surface area (Å²) in [5.74, 6) is 0.585. The van der Waals surface area contributed by atoms with Crippen LogP contribution < -0.4 is 10.6 Å². The summed E-state index contributed by atoms with van der Waals surface area (Å²) in [5, 5.41) is 4.17. The highest BCUT2D eigenvalue weighted by atomic mass is 15.3. The van der Waals surface area contributed by atoms with E-state index in [-0.39, 0.29) is 0 Å². The predicted molar refractivity (Wildman–Crippen MR) is 75.7 cm³/mol. The minimum Gasteiger partial charge on any atom is -0.382 e. The smallest absolute Gasteiger partial charge is 0.145 e. The maximum absolute atomic E-state index is 5.58. The maximum Gasteiger partial charge on any atom is 0.145 e. The van der Waals surface area contributed by atoms with Crippen molar-refractivity contribution in [2.24, 2.45) is 0 Å². The highest BCUT2D eigenvalue weighted by Gasteiger charge is 2.01.